The zero-order chi connectivity index (χ0) is 11.1. The molecule has 0 aliphatic carbocycles. The van der Waals surface area contributed by atoms with Gasteiger partial charge in [0, 0.05) is 33.4 Å². The first-order valence-electron chi connectivity index (χ1n) is 5.73. The monoisotopic (exact) mass is 216 g/mol. The second kappa shape index (κ2) is 7.17. The van der Waals surface area contributed by atoms with E-state index in [0.29, 0.717) is 6.04 Å². The molecule has 0 aromatic carbocycles. The second-order valence-corrected chi connectivity index (χ2v) is 4.27. The van der Waals surface area contributed by atoms with Crippen LogP contribution in [0.25, 0.3) is 0 Å². The third-order valence-electron chi connectivity index (χ3n) is 2.93. The molecular formula is C11H24N2O2. The number of methoxy groups -OCH3 is 2. The van der Waals surface area contributed by atoms with Crippen LogP contribution in [0.15, 0.2) is 0 Å². The van der Waals surface area contributed by atoms with Gasteiger partial charge < -0.3 is 14.8 Å². The van der Waals surface area contributed by atoms with Crippen LogP contribution in [0.1, 0.15) is 19.3 Å². The molecule has 90 valence electrons. The molecule has 1 atom stereocenters. The van der Waals surface area contributed by atoms with Crippen molar-refractivity contribution < 1.29 is 9.47 Å². The predicted octanol–water partition coefficient (Wildman–Crippen LogP) is 0.679. The molecule has 1 aliphatic rings. The Bertz CT molecular complexity index is 157. The van der Waals surface area contributed by atoms with Gasteiger partial charge in [-0.3, -0.25) is 4.90 Å². The van der Waals surface area contributed by atoms with Gasteiger partial charge in [-0.05, 0) is 26.4 Å². The van der Waals surface area contributed by atoms with Crippen LogP contribution >= 0.6 is 0 Å². The van der Waals surface area contributed by atoms with E-state index in [-0.39, 0.29) is 6.29 Å². The molecule has 0 amide bonds. The number of hydrogen-bond acceptors (Lipinski definition) is 4. The maximum Gasteiger partial charge on any atom is 0.169 e. The molecule has 4 nitrogen and oxygen atoms in total. The Morgan fingerprint density at radius 2 is 2.07 bits per heavy atom. The highest BCUT2D eigenvalue weighted by Gasteiger charge is 2.16. The first-order valence-corrected chi connectivity index (χ1v) is 5.73. The molecule has 1 aliphatic heterocycles. The Labute approximate surface area is 92.9 Å². The summed E-state index contributed by atoms with van der Waals surface area (Å²) in [6.07, 6.45) is 3.84. The Morgan fingerprint density at radius 1 is 1.33 bits per heavy atom. The minimum atomic E-state index is -0.112. The number of ether oxygens (including phenoxy) is 2. The maximum absolute atomic E-state index is 5.17. The summed E-state index contributed by atoms with van der Waals surface area (Å²) in [5.41, 5.74) is 0. The molecule has 0 radical (unpaired) electrons. The standard InChI is InChI=1S/C11H24N2O2/c1-13(9-11(14-2)15-3)8-10-6-4-5-7-12-10/h10-12H,4-9H2,1-3H3. The number of likely N-dealkylation sites (N-methyl/N-ethyl adjacent to an activating group) is 1. The van der Waals surface area contributed by atoms with Gasteiger partial charge in [-0.15, -0.1) is 0 Å². The van der Waals surface area contributed by atoms with Gasteiger partial charge >= 0.3 is 0 Å². The van der Waals surface area contributed by atoms with E-state index in [1.165, 1.54) is 19.3 Å². The molecule has 15 heavy (non-hydrogen) atoms. The zero-order valence-corrected chi connectivity index (χ0v) is 10.2. The molecule has 0 spiro atoms. The molecule has 1 unspecified atom stereocenters. The van der Waals surface area contributed by atoms with Gasteiger partial charge in [0.25, 0.3) is 0 Å². The Kier molecular flexibility index (Phi) is 6.17. The van der Waals surface area contributed by atoms with Crippen LogP contribution in [-0.2, 0) is 9.47 Å². The average molecular weight is 216 g/mol. The molecule has 0 aromatic heterocycles. The van der Waals surface area contributed by atoms with Crippen molar-refractivity contribution in [3.63, 3.8) is 0 Å². The van der Waals surface area contributed by atoms with Gasteiger partial charge in [-0.2, -0.15) is 0 Å². The van der Waals surface area contributed by atoms with E-state index in [0.717, 1.165) is 19.6 Å². The lowest BCUT2D eigenvalue weighted by Crippen LogP contribution is -2.44. The highest BCUT2D eigenvalue weighted by atomic mass is 16.7. The van der Waals surface area contributed by atoms with Gasteiger partial charge in [0.15, 0.2) is 6.29 Å². The summed E-state index contributed by atoms with van der Waals surface area (Å²) in [6.45, 7) is 3.06. The molecular weight excluding hydrogens is 192 g/mol. The van der Waals surface area contributed by atoms with Crippen LogP contribution in [0, 0.1) is 0 Å². The topological polar surface area (TPSA) is 33.7 Å². The van der Waals surface area contributed by atoms with Gasteiger partial charge in [-0.1, -0.05) is 6.42 Å². The first-order chi connectivity index (χ1) is 7.26. The van der Waals surface area contributed by atoms with Crippen molar-refractivity contribution in [2.45, 2.75) is 31.6 Å². The van der Waals surface area contributed by atoms with Gasteiger partial charge in [0.2, 0.25) is 0 Å². The van der Waals surface area contributed by atoms with E-state index in [1.807, 2.05) is 0 Å². The van der Waals surface area contributed by atoms with Crippen molar-refractivity contribution in [2.24, 2.45) is 0 Å². The van der Waals surface area contributed by atoms with E-state index >= 15 is 0 Å². The number of hydrogen-bond donors (Lipinski definition) is 1. The van der Waals surface area contributed by atoms with Crippen LogP contribution < -0.4 is 5.32 Å². The number of piperidine rings is 1. The summed E-state index contributed by atoms with van der Waals surface area (Å²) >= 11 is 0. The summed E-state index contributed by atoms with van der Waals surface area (Å²) in [4.78, 5) is 2.26. The molecule has 0 bridgehead atoms. The van der Waals surface area contributed by atoms with Crippen molar-refractivity contribution in [1.82, 2.24) is 10.2 Å². The van der Waals surface area contributed by atoms with Crippen molar-refractivity contribution in [1.29, 1.82) is 0 Å². The molecule has 1 saturated heterocycles. The summed E-state index contributed by atoms with van der Waals surface area (Å²) in [5.74, 6) is 0. The van der Waals surface area contributed by atoms with Crippen LogP contribution in [-0.4, -0.2) is 58.1 Å². The van der Waals surface area contributed by atoms with Gasteiger partial charge in [0.05, 0.1) is 0 Å². The zero-order valence-electron chi connectivity index (χ0n) is 10.2. The first kappa shape index (κ1) is 12.9. The SMILES string of the molecule is COC(CN(C)CC1CCCCN1)OC. The fourth-order valence-corrected chi connectivity index (χ4v) is 2.03. The quantitative estimate of drug-likeness (QED) is 0.662. The molecule has 4 heteroatoms. The second-order valence-electron chi connectivity index (χ2n) is 4.27. The van der Waals surface area contributed by atoms with Crippen molar-refractivity contribution >= 4 is 0 Å². The maximum atomic E-state index is 5.17. The lowest BCUT2D eigenvalue weighted by atomic mass is 10.0. The van der Waals surface area contributed by atoms with Crippen LogP contribution in [0.4, 0.5) is 0 Å². The highest BCUT2D eigenvalue weighted by molar-refractivity contribution is 4.75. The van der Waals surface area contributed by atoms with E-state index < -0.39 is 0 Å². The van der Waals surface area contributed by atoms with Crippen LogP contribution in [0.3, 0.4) is 0 Å². The minimum Gasteiger partial charge on any atom is -0.355 e. The van der Waals surface area contributed by atoms with Crippen LogP contribution in [0.5, 0.6) is 0 Å². The molecule has 1 fully saturated rings. The van der Waals surface area contributed by atoms with E-state index in [4.69, 9.17) is 9.47 Å². The predicted molar refractivity (Wildman–Crippen MR) is 60.9 cm³/mol. The summed E-state index contributed by atoms with van der Waals surface area (Å²) < 4.78 is 10.3. The van der Waals surface area contributed by atoms with Gasteiger partial charge in [0.1, 0.15) is 0 Å². The van der Waals surface area contributed by atoms with Crippen molar-refractivity contribution in [2.75, 3.05) is 40.9 Å². The fourth-order valence-electron chi connectivity index (χ4n) is 2.03. The number of nitrogens with zero attached hydrogens (tertiary/aromatic N) is 1. The Morgan fingerprint density at radius 3 is 2.60 bits per heavy atom. The summed E-state index contributed by atoms with van der Waals surface area (Å²) in [7, 11) is 5.48. The Balaban J connectivity index is 2.18. The number of nitrogens with one attached hydrogen (secondary N) is 1. The third-order valence-corrected chi connectivity index (χ3v) is 2.93. The Hall–Kier alpha value is -0.160. The van der Waals surface area contributed by atoms with Crippen molar-refractivity contribution in [3.8, 4) is 0 Å². The normalized spacial score (nSPS) is 22.6. The molecule has 0 saturated carbocycles. The summed E-state index contributed by atoms with van der Waals surface area (Å²) in [6, 6.07) is 0.637. The largest absolute Gasteiger partial charge is 0.355 e. The highest BCUT2D eigenvalue weighted by Crippen LogP contribution is 2.08. The minimum absolute atomic E-state index is 0.112. The van der Waals surface area contributed by atoms with E-state index in [2.05, 4.69) is 17.3 Å². The molecule has 1 rings (SSSR count). The van der Waals surface area contributed by atoms with Crippen LogP contribution in [0.2, 0.25) is 0 Å². The molecule has 1 heterocycles. The van der Waals surface area contributed by atoms with Crippen molar-refractivity contribution in [3.05, 3.63) is 0 Å². The molecule has 0 aromatic rings. The molecule has 1 N–H and O–H groups in total. The lowest BCUT2D eigenvalue weighted by Gasteiger charge is -2.29. The fraction of sp³-hybridized carbons (Fsp3) is 1.00. The van der Waals surface area contributed by atoms with E-state index in [1.54, 1.807) is 14.2 Å². The average Bonchev–Trinajstić information content (AvgIpc) is 2.27. The van der Waals surface area contributed by atoms with E-state index in [9.17, 15) is 0 Å². The van der Waals surface area contributed by atoms with Gasteiger partial charge in [-0.25, -0.2) is 0 Å². The lowest BCUT2D eigenvalue weighted by molar-refractivity contribution is -0.114. The summed E-state index contributed by atoms with van der Waals surface area (Å²) in [5, 5.41) is 3.54. The third kappa shape index (κ3) is 4.93. The smallest absolute Gasteiger partial charge is 0.169 e. The number of rotatable bonds is 6.